The van der Waals surface area contributed by atoms with E-state index in [2.05, 4.69) is 42.4 Å². The number of hydrogen-bond donors (Lipinski definition) is 2. The molecule has 0 heterocycles. The Morgan fingerprint density at radius 2 is 1.48 bits per heavy atom. The SMILES string of the molecule is O=C(N/N=C/c1cc(Br)cc(Br)c1O)C(Oc1ccc(Cl)cc1)Oc1ccc(Cl)cc1. The van der Waals surface area contributed by atoms with Gasteiger partial charge in [0.15, 0.2) is 0 Å². The molecule has 0 bridgehead atoms. The maximum Gasteiger partial charge on any atom is 0.323 e. The second-order valence-electron chi connectivity index (χ2n) is 6.04. The van der Waals surface area contributed by atoms with Crippen LogP contribution in [0.1, 0.15) is 5.56 Å². The second kappa shape index (κ2) is 10.9. The zero-order valence-corrected chi connectivity index (χ0v) is 20.2. The lowest BCUT2D eigenvalue weighted by Gasteiger charge is -2.19. The number of nitrogens with one attached hydrogen (secondary N) is 1. The molecule has 0 atom stereocenters. The molecule has 0 aliphatic rings. The number of aromatic hydroxyl groups is 1. The summed E-state index contributed by atoms with van der Waals surface area (Å²) in [7, 11) is 0. The Balaban J connectivity index is 1.76. The van der Waals surface area contributed by atoms with E-state index in [4.69, 9.17) is 32.7 Å². The highest BCUT2D eigenvalue weighted by molar-refractivity contribution is 9.11. The smallest absolute Gasteiger partial charge is 0.323 e. The third kappa shape index (κ3) is 6.87. The number of phenols is 1. The number of carbonyl (C=O) groups excluding carboxylic acids is 1. The normalized spacial score (nSPS) is 11.0. The van der Waals surface area contributed by atoms with Crippen molar-refractivity contribution in [1.29, 1.82) is 0 Å². The standard InChI is InChI=1S/C21H14Br2Cl2N2O4/c22-13-9-12(19(28)18(23)10-13)11-26-27-20(29)21(30-16-5-1-14(24)2-6-16)31-17-7-3-15(25)4-8-17/h1-11,21,28H,(H,27,29)/b26-11+. The van der Waals surface area contributed by atoms with Gasteiger partial charge in [-0.25, -0.2) is 5.43 Å². The fourth-order valence-corrected chi connectivity index (χ4v) is 3.82. The zero-order valence-electron chi connectivity index (χ0n) is 15.6. The van der Waals surface area contributed by atoms with Crippen LogP contribution in [-0.4, -0.2) is 23.5 Å². The van der Waals surface area contributed by atoms with Gasteiger partial charge in [0.1, 0.15) is 17.2 Å². The van der Waals surface area contributed by atoms with Crippen LogP contribution in [0.3, 0.4) is 0 Å². The minimum Gasteiger partial charge on any atom is -0.506 e. The molecule has 0 saturated heterocycles. The molecule has 1 amide bonds. The molecule has 0 spiro atoms. The van der Waals surface area contributed by atoms with Gasteiger partial charge in [0, 0.05) is 20.1 Å². The van der Waals surface area contributed by atoms with Crippen molar-refractivity contribution in [3.8, 4) is 17.2 Å². The van der Waals surface area contributed by atoms with E-state index in [0.29, 0.717) is 31.6 Å². The third-order valence-corrected chi connectivity index (χ3v) is 5.33. The first kappa shape index (κ1) is 23.4. The molecule has 0 saturated carbocycles. The Morgan fingerprint density at radius 1 is 0.968 bits per heavy atom. The van der Waals surface area contributed by atoms with Crippen molar-refractivity contribution >= 4 is 67.2 Å². The van der Waals surface area contributed by atoms with Gasteiger partial charge in [-0.3, -0.25) is 4.79 Å². The quantitative estimate of drug-likeness (QED) is 0.197. The molecule has 2 N–H and O–H groups in total. The van der Waals surface area contributed by atoms with Gasteiger partial charge in [0.05, 0.1) is 10.7 Å². The average molecular weight is 589 g/mol. The molecule has 31 heavy (non-hydrogen) atoms. The lowest BCUT2D eigenvalue weighted by Crippen LogP contribution is -2.40. The Bertz CT molecular complexity index is 1050. The molecule has 6 nitrogen and oxygen atoms in total. The largest absolute Gasteiger partial charge is 0.506 e. The van der Waals surface area contributed by atoms with Crippen LogP contribution in [0.25, 0.3) is 0 Å². The number of hydrogen-bond acceptors (Lipinski definition) is 5. The maximum absolute atomic E-state index is 12.7. The molecule has 3 rings (SSSR count). The van der Waals surface area contributed by atoms with Gasteiger partial charge in [-0.15, -0.1) is 0 Å². The molecule has 3 aromatic rings. The number of halogens is 4. The summed E-state index contributed by atoms with van der Waals surface area (Å²) in [5.74, 6) is 0.0504. The van der Waals surface area contributed by atoms with Crippen molar-refractivity contribution < 1.29 is 19.4 Å². The van der Waals surface area contributed by atoms with Crippen molar-refractivity contribution in [2.75, 3.05) is 0 Å². The van der Waals surface area contributed by atoms with Gasteiger partial charge in [-0.2, -0.15) is 5.10 Å². The zero-order chi connectivity index (χ0) is 22.4. The van der Waals surface area contributed by atoms with E-state index in [9.17, 15) is 9.90 Å². The molecule has 0 aromatic heterocycles. The summed E-state index contributed by atoms with van der Waals surface area (Å²) in [4.78, 5) is 12.7. The minimum absolute atomic E-state index is 0.0208. The molecule has 10 heteroatoms. The summed E-state index contributed by atoms with van der Waals surface area (Å²) in [6.45, 7) is 0. The number of benzene rings is 3. The number of ether oxygens (including phenoxy) is 2. The highest BCUT2D eigenvalue weighted by Crippen LogP contribution is 2.30. The van der Waals surface area contributed by atoms with Crippen LogP contribution < -0.4 is 14.9 Å². The number of hydrazone groups is 1. The monoisotopic (exact) mass is 586 g/mol. The lowest BCUT2D eigenvalue weighted by atomic mass is 10.2. The van der Waals surface area contributed by atoms with Crippen LogP contribution in [0.5, 0.6) is 17.2 Å². The number of nitrogens with zero attached hydrogens (tertiary/aromatic N) is 1. The first-order chi connectivity index (χ1) is 14.8. The van der Waals surface area contributed by atoms with Gasteiger partial charge in [0.25, 0.3) is 0 Å². The Labute approximate surface area is 205 Å². The summed E-state index contributed by atoms with van der Waals surface area (Å²) >= 11 is 18.3. The maximum atomic E-state index is 12.7. The molecule has 0 radical (unpaired) electrons. The predicted molar refractivity (Wildman–Crippen MR) is 127 cm³/mol. The van der Waals surface area contributed by atoms with Crippen molar-refractivity contribution in [1.82, 2.24) is 5.43 Å². The summed E-state index contributed by atoms with van der Waals surface area (Å²) in [5.41, 5.74) is 2.73. The summed E-state index contributed by atoms with van der Waals surface area (Å²) in [6.07, 6.45) is -0.0629. The second-order valence-corrected chi connectivity index (χ2v) is 8.68. The molecular weight excluding hydrogens is 575 g/mol. The van der Waals surface area contributed by atoms with Crippen molar-refractivity contribution in [3.05, 3.63) is 85.2 Å². The van der Waals surface area contributed by atoms with E-state index in [1.807, 2.05) is 0 Å². The third-order valence-electron chi connectivity index (χ3n) is 3.76. The van der Waals surface area contributed by atoms with Gasteiger partial charge >= 0.3 is 12.2 Å². The number of phenolic OH excluding ortho intramolecular Hbond substituents is 1. The number of rotatable bonds is 7. The first-order valence-electron chi connectivity index (χ1n) is 8.67. The van der Waals surface area contributed by atoms with Crippen molar-refractivity contribution in [3.63, 3.8) is 0 Å². The minimum atomic E-state index is -1.36. The number of carbonyl (C=O) groups is 1. The van der Waals surface area contributed by atoms with Gasteiger partial charge in [0.2, 0.25) is 0 Å². The van der Waals surface area contributed by atoms with Crippen LogP contribution in [0.2, 0.25) is 10.0 Å². The van der Waals surface area contributed by atoms with E-state index in [1.54, 1.807) is 60.7 Å². The molecule has 0 aliphatic carbocycles. The fourth-order valence-electron chi connectivity index (χ4n) is 2.31. The molecular formula is C21H14Br2Cl2N2O4. The van der Waals surface area contributed by atoms with Crippen LogP contribution in [0.15, 0.2) is 74.7 Å². The molecule has 0 aliphatic heterocycles. The highest BCUT2D eigenvalue weighted by atomic mass is 79.9. The van der Waals surface area contributed by atoms with E-state index in [0.717, 1.165) is 4.47 Å². The Morgan fingerprint density at radius 3 is 2.00 bits per heavy atom. The first-order valence-corrected chi connectivity index (χ1v) is 11.0. The van der Waals surface area contributed by atoms with Gasteiger partial charge < -0.3 is 14.6 Å². The summed E-state index contributed by atoms with van der Waals surface area (Å²) < 4.78 is 12.5. The topological polar surface area (TPSA) is 80.2 Å². The summed E-state index contributed by atoms with van der Waals surface area (Å²) in [5, 5.41) is 15.0. The average Bonchev–Trinajstić information content (AvgIpc) is 2.74. The van der Waals surface area contributed by atoms with Crippen LogP contribution in [0, 0.1) is 0 Å². The molecule has 3 aromatic carbocycles. The Hall–Kier alpha value is -2.26. The van der Waals surface area contributed by atoms with Crippen LogP contribution in [0.4, 0.5) is 0 Å². The molecule has 0 unspecified atom stereocenters. The van der Waals surface area contributed by atoms with Crippen LogP contribution in [-0.2, 0) is 4.79 Å². The van der Waals surface area contributed by atoms with Crippen molar-refractivity contribution in [2.24, 2.45) is 5.10 Å². The van der Waals surface area contributed by atoms with E-state index in [1.165, 1.54) is 6.21 Å². The van der Waals surface area contributed by atoms with E-state index in [-0.39, 0.29) is 5.75 Å². The van der Waals surface area contributed by atoms with Crippen LogP contribution >= 0.6 is 55.1 Å². The van der Waals surface area contributed by atoms with Gasteiger partial charge in [-0.1, -0.05) is 39.1 Å². The lowest BCUT2D eigenvalue weighted by molar-refractivity contribution is -0.140. The van der Waals surface area contributed by atoms with Crippen molar-refractivity contribution in [2.45, 2.75) is 6.29 Å². The Kier molecular flexibility index (Phi) is 8.20. The highest BCUT2D eigenvalue weighted by Gasteiger charge is 2.23. The molecule has 0 fully saturated rings. The van der Waals surface area contributed by atoms with Gasteiger partial charge in [-0.05, 0) is 76.6 Å². The van der Waals surface area contributed by atoms with E-state index >= 15 is 0 Å². The fraction of sp³-hybridized carbons (Fsp3) is 0.0476. The van der Waals surface area contributed by atoms with E-state index < -0.39 is 12.2 Å². The molecule has 160 valence electrons. The summed E-state index contributed by atoms with van der Waals surface area (Å²) in [6, 6.07) is 16.2. The predicted octanol–water partition coefficient (Wildman–Crippen LogP) is 6.16. The number of amides is 1.